The van der Waals surface area contributed by atoms with E-state index in [-0.39, 0.29) is 5.91 Å². The smallest absolute Gasteiger partial charge is 0.221 e. The summed E-state index contributed by atoms with van der Waals surface area (Å²) in [6.45, 7) is 8.22. The second-order valence-corrected chi connectivity index (χ2v) is 7.39. The molecular formula is C22H28N4O. The number of carbonyl (C=O) groups is 1. The van der Waals surface area contributed by atoms with Crippen molar-refractivity contribution in [1.29, 1.82) is 0 Å². The SMILES string of the molecule is Cc1ccc(CNC(=O)CCN(C)Cc2nc3cc(C)c(C)cc3[nH]2)cc1. The second-order valence-electron chi connectivity index (χ2n) is 7.39. The molecule has 2 aromatic carbocycles. The zero-order valence-electron chi connectivity index (χ0n) is 16.6. The maximum Gasteiger partial charge on any atom is 0.221 e. The van der Waals surface area contributed by atoms with E-state index < -0.39 is 0 Å². The van der Waals surface area contributed by atoms with Crippen molar-refractivity contribution in [2.24, 2.45) is 0 Å². The molecule has 3 rings (SSSR count). The Bertz CT molecular complexity index is 888. The van der Waals surface area contributed by atoms with Crippen LogP contribution in [0.1, 0.15) is 34.5 Å². The van der Waals surface area contributed by atoms with E-state index in [1.807, 2.05) is 19.2 Å². The molecule has 3 aromatic rings. The number of H-pyrrole nitrogens is 1. The first-order valence-electron chi connectivity index (χ1n) is 9.37. The van der Waals surface area contributed by atoms with Crippen LogP contribution in [0.3, 0.4) is 0 Å². The molecule has 0 saturated heterocycles. The number of nitrogens with one attached hydrogen (secondary N) is 2. The first-order valence-corrected chi connectivity index (χ1v) is 9.37. The highest BCUT2D eigenvalue weighted by Crippen LogP contribution is 2.17. The Labute approximate surface area is 160 Å². The van der Waals surface area contributed by atoms with Gasteiger partial charge in [0.15, 0.2) is 0 Å². The van der Waals surface area contributed by atoms with E-state index in [9.17, 15) is 4.79 Å². The van der Waals surface area contributed by atoms with Crippen LogP contribution in [0.2, 0.25) is 0 Å². The Balaban J connectivity index is 1.47. The topological polar surface area (TPSA) is 61.0 Å². The number of fused-ring (bicyclic) bond motifs is 1. The third-order valence-corrected chi connectivity index (χ3v) is 4.90. The Morgan fingerprint density at radius 1 is 1.11 bits per heavy atom. The summed E-state index contributed by atoms with van der Waals surface area (Å²) in [4.78, 5) is 22.3. The van der Waals surface area contributed by atoms with Gasteiger partial charge in [0.2, 0.25) is 5.91 Å². The zero-order chi connectivity index (χ0) is 19.4. The highest BCUT2D eigenvalue weighted by Gasteiger charge is 2.09. The normalized spacial score (nSPS) is 11.3. The lowest BCUT2D eigenvalue weighted by molar-refractivity contribution is -0.121. The summed E-state index contributed by atoms with van der Waals surface area (Å²) in [5.74, 6) is 0.996. The molecule has 1 heterocycles. The summed E-state index contributed by atoms with van der Waals surface area (Å²) in [5.41, 5.74) is 6.92. The monoisotopic (exact) mass is 364 g/mol. The van der Waals surface area contributed by atoms with Crippen molar-refractivity contribution in [3.8, 4) is 0 Å². The van der Waals surface area contributed by atoms with Gasteiger partial charge in [0.05, 0.1) is 17.6 Å². The van der Waals surface area contributed by atoms with Crippen molar-refractivity contribution in [3.63, 3.8) is 0 Å². The van der Waals surface area contributed by atoms with Crippen LogP contribution in [0.25, 0.3) is 11.0 Å². The zero-order valence-corrected chi connectivity index (χ0v) is 16.6. The van der Waals surface area contributed by atoms with Crippen LogP contribution in [-0.2, 0) is 17.9 Å². The Morgan fingerprint density at radius 2 is 1.81 bits per heavy atom. The number of aromatic nitrogens is 2. The Kier molecular flexibility index (Phi) is 5.91. The van der Waals surface area contributed by atoms with Crippen molar-refractivity contribution >= 4 is 16.9 Å². The number of amides is 1. The first kappa shape index (κ1) is 19.1. The van der Waals surface area contributed by atoms with Gasteiger partial charge in [-0.1, -0.05) is 29.8 Å². The number of carbonyl (C=O) groups excluding carboxylic acids is 1. The molecule has 5 nitrogen and oxygen atoms in total. The number of aryl methyl sites for hydroxylation is 3. The van der Waals surface area contributed by atoms with Gasteiger partial charge in [0.25, 0.3) is 0 Å². The van der Waals surface area contributed by atoms with Crippen molar-refractivity contribution in [2.75, 3.05) is 13.6 Å². The Hall–Kier alpha value is -2.66. The first-order chi connectivity index (χ1) is 12.9. The van der Waals surface area contributed by atoms with Gasteiger partial charge < -0.3 is 10.3 Å². The quantitative estimate of drug-likeness (QED) is 0.673. The number of nitrogens with zero attached hydrogens (tertiary/aromatic N) is 2. The molecule has 0 aliphatic rings. The molecule has 0 bridgehead atoms. The number of hydrogen-bond donors (Lipinski definition) is 2. The number of imidazole rings is 1. The third kappa shape index (κ3) is 5.17. The van der Waals surface area contributed by atoms with Gasteiger partial charge in [-0.3, -0.25) is 9.69 Å². The number of hydrogen-bond acceptors (Lipinski definition) is 3. The maximum absolute atomic E-state index is 12.1. The van der Waals surface area contributed by atoms with Crippen LogP contribution in [0.5, 0.6) is 0 Å². The molecule has 0 fully saturated rings. The molecule has 0 atom stereocenters. The summed E-state index contributed by atoms with van der Waals surface area (Å²) >= 11 is 0. The lowest BCUT2D eigenvalue weighted by Crippen LogP contribution is -2.28. The molecule has 1 amide bonds. The minimum atomic E-state index is 0.0679. The molecule has 1 aromatic heterocycles. The van der Waals surface area contributed by atoms with E-state index in [0.29, 0.717) is 26.1 Å². The highest BCUT2D eigenvalue weighted by atomic mass is 16.1. The van der Waals surface area contributed by atoms with Gasteiger partial charge in [-0.25, -0.2) is 4.98 Å². The summed E-state index contributed by atoms with van der Waals surface area (Å²) in [6, 6.07) is 12.5. The minimum absolute atomic E-state index is 0.0679. The van der Waals surface area contributed by atoms with Crippen LogP contribution in [0.15, 0.2) is 36.4 Å². The van der Waals surface area contributed by atoms with Crippen LogP contribution in [0.4, 0.5) is 0 Å². The lowest BCUT2D eigenvalue weighted by atomic mass is 10.1. The highest BCUT2D eigenvalue weighted by molar-refractivity contribution is 5.77. The second kappa shape index (κ2) is 8.35. The fraction of sp³-hybridized carbons (Fsp3) is 0.364. The van der Waals surface area contributed by atoms with E-state index in [2.05, 4.69) is 65.2 Å². The third-order valence-electron chi connectivity index (χ3n) is 4.90. The van der Waals surface area contributed by atoms with Gasteiger partial charge in [0.1, 0.15) is 5.82 Å². The van der Waals surface area contributed by atoms with Crippen molar-refractivity contribution in [2.45, 2.75) is 40.3 Å². The molecule has 0 aliphatic carbocycles. The number of rotatable bonds is 7. The molecule has 0 radical (unpaired) electrons. The molecule has 5 heteroatoms. The van der Waals surface area contributed by atoms with Gasteiger partial charge in [0, 0.05) is 19.5 Å². The van der Waals surface area contributed by atoms with E-state index in [4.69, 9.17) is 0 Å². The van der Waals surface area contributed by atoms with Crippen molar-refractivity contribution in [1.82, 2.24) is 20.2 Å². The minimum Gasteiger partial charge on any atom is -0.352 e. The fourth-order valence-corrected chi connectivity index (χ4v) is 3.02. The van der Waals surface area contributed by atoms with Crippen LogP contribution in [-0.4, -0.2) is 34.4 Å². The molecule has 0 saturated carbocycles. The summed E-state index contributed by atoms with van der Waals surface area (Å²) in [5, 5.41) is 2.98. The van der Waals surface area contributed by atoms with E-state index in [1.54, 1.807) is 0 Å². The predicted molar refractivity (Wildman–Crippen MR) is 110 cm³/mol. The average molecular weight is 364 g/mol. The summed E-state index contributed by atoms with van der Waals surface area (Å²) in [6.07, 6.45) is 0.473. The fourth-order valence-electron chi connectivity index (χ4n) is 3.02. The predicted octanol–water partition coefficient (Wildman–Crippen LogP) is 3.63. The van der Waals surface area contributed by atoms with Crippen LogP contribution >= 0.6 is 0 Å². The van der Waals surface area contributed by atoms with E-state index >= 15 is 0 Å². The maximum atomic E-state index is 12.1. The summed E-state index contributed by atoms with van der Waals surface area (Å²) < 4.78 is 0. The average Bonchev–Trinajstić information content (AvgIpc) is 3.00. The summed E-state index contributed by atoms with van der Waals surface area (Å²) in [7, 11) is 2.01. The molecule has 27 heavy (non-hydrogen) atoms. The molecule has 142 valence electrons. The largest absolute Gasteiger partial charge is 0.352 e. The van der Waals surface area contributed by atoms with E-state index in [0.717, 1.165) is 22.4 Å². The standard InChI is InChI=1S/C22H28N4O/c1-15-5-7-18(8-6-15)13-23-22(27)9-10-26(4)14-21-24-19-11-16(2)17(3)12-20(19)25-21/h5-8,11-12H,9-10,13-14H2,1-4H3,(H,23,27)(H,24,25). The van der Waals surface area contributed by atoms with Crippen molar-refractivity contribution < 1.29 is 4.79 Å². The van der Waals surface area contributed by atoms with Gasteiger partial charge in [-0.2, -0.15) is 0 Å². The number of benzene rings is 2. The van der Waals surface area contributed by atoms with Crippen LogP contribution < -0.4 is 5.32 Å². The van der Waals surface area contributed by atoms with Gasteiger partial charge in [-0.05, 0) is 56.6 Å². The molecule has 2 N–H and O–H groups in total. The number of aromatic amines is 1. The lowest BCUT2D eigenvalue weighted by Gasteiger charge is -2.14. The van der Waals surface area contributed by atoms with Gasteiger partial charge >= 0.3 is 0 Å². The Morgan fingerprint density at radius 3 is 2.56 bits per heavy atom. The molecule has 0 spiro atoms. The molecule has 0 aliphatic heterocycles. The molecule has 0 unspecified atom stereocenters. The van der Waals surface area contributed by atoms with Crippen molar-refractivity contribution in [3.05, 3.63) is 64.5 Å². The van der Waals surface area contributed by atoms with Crippen LogP contribution in [0, 0.1) is 20.8 Å². The molecular weight excluding hydrogens is 336 g/mol. The van der Waals surface area contributed by atoms with Gasteiger partial charge in [-0.15, -0.1) is 0 Å². The van der Waals surface area contributed by atoms with E-state index in [1.165, 1.54) is 16.7 Å².